The lowest BCUT2D eigenvalue weighted by atomic mass is 9.86. The average molecular weight is 228 g/mol. The summed E-state index contributed by atoms with van der Waals surface area (Å²) < 4.78 is 5.40. The van der Waals surface area contributed by atoms with E-state index in [1.165, 1.54) is 29.4 Å². The normalized spacial score (nSPS) is 14.6. The fraction of sp³-hybridized carbons (Fsp3) is 0.333. The van der Waals surface area contributed by atoms with Gasteiger partial charge in [-0.05, 0) is 36.6 Å². The van der Waals surface area contributed by atoms with Gasteiger partial charge in [-0.2, -0.15) is 0 Å². The summed E-state index contributed by atoms with van der Waals surface area (Å²) in [5.41, 5.74) is 2.57. The molecule has 0 atom stereocenters. The third-order valence-corrected chi connectivity index (χ3v) is 3.67. The molecule has 0 unspecified atom stereocenters. The maximum absolute atomic E-state index is 10.3. The minimum Gasteiger partial charge on any atom is -0.504 e. The maximum atomic E-state index is 10.3. The van der Waals surface area contributed by atoms with Crippen molar-refractivity contribution in [1.82, 2.24) is 0 Å². The molecule has 0 aromatic heterocycles. The summed E-state index contributed by atoms with van der Waals surface area (Å²) in [7, 11) is 1.64. The Morgan fingerprint density at radius 1 is 1.00 bits per heavy atom. The van der Waals surface area contributed by atoms with Crippen molar-refractivity contribution in [3.8, 4) is 11.5 Å². The molecule has 2 heteroatoms. The molecule has 0 radical (unpaired) electrons. The summed E-state index contributed by atoms with van der Waals surface area (Å²) >= 11 is 0. The van der Waals surface area contributed by atoms with Crippen LogP contribution in [0.2, 0.25) is 0 Å². The van der Waals surface area contributed by atoms with Gasteiger partial charge in [0, 0.05) is 10.9 Å². The fourth-order valence-corrected chi connectivity index (χ4v) is 2.89. The number of benzene rings is 2. The molecule has 1 aliphatic carbocycles. The molecule has 0 fully saturated rings. The van der Waals surface area contributed by atoms with Crippen LogP contribution in [0.25, 0.3) is 10.8 Å². The molecule has 0 bridgehead atoms. The number of fused-ring (bicyclic) bond motifs is 3. The molecule has 0 heterocycles. The van der Waals surface area contributed by atoms with Crippen LogP contribution in [0.5, 0.6) is 11.5 Å². The first-order chi connectivity index (χ1) is 8.33. The molecule has 0 spiro atoms. The van der Waals surface area contributed by atoms with Crippen LogP contribution in [0.15, 0.2) is 24.3 Å². The Morgan fingerprint density at radius 2 is 1.65 bits per heavy atom. The van der Waals surface area contributed by atoms with Crippen LogP contribution in [-0.4, -0.2) is 12.2 Å². The highest BCUT2D eigenvalue weighted by molar-refractivity contribution is 5.94. The van der Waals surface area contributed by atoms with Crippen molar-refractivity contribution in [2.24, 2.45) is 0 Å². The molecule has 0 amide bonds. The molecule has 2 aromatic rings. The Hall–Kier alpha value is -1.70. The quantitative estimate of drug-likeness (QED) is 0.810. The second kappa shape index (κ2) is 3.95. The van der Waals surface area contributed by atoms with Crippen molar-refractivity contribution in [1.29, 1.82) is 0 Å². The van der Waals surface area contributed by atoms with Gasteiger partial charge < -0.3 is 9.84 Å². The second-order valence-corrected chi connectivity index (χ2v) is 4.59. The molecule has 2 nitrogen and oxygen atoms in total. The van der Waals surface area contributed by atoms with E-state index < -0.39 is 0 Å². The third-order valence-electron chi connectivity index (χ3n) is 3.67. The molecule has 1 aliphatic rings. The van der Waals surface area contributed by atoms with Gasteiger partial charge in [0.2, 0.25) is 0 Å². The van der Waals surface area contributed by atoms with E-state index in [2.05, 4.69) is 6.07 Å². The molecule has 17 heavy (non-hydrogen) atoms. The van der Waals surface area contributed by atoms with E-state index in [0.29, 0.717) is 11.5 Å². The van der Waals surface area contributed by atoms with Crippen LogP contribution < -0.4 is 4.74 Å². The number of phenolic OH excluding ortho intramolecular Hbond substituents is 1. The lowest BCUT2D eigenvalue weighted by molar-refractivity contribution is 0.370. The van der Waals surface area contributed by atoms with Crippen molar-refractivity contribution >= 4 is 10.8 Å². The smallest absolute Gasteiger partial charge is 0.165 e. The Bertz CT molecular complexity index is 573. The molecular formula is C15H16O2. The van der Waals surface area contributed by atoms with Gasteiger partial charge in [-0.25, -0.2) is 0 Å². The highest BCUT2D eigenvalue weighted by atomic mass is 16.5. The summed E-state index contributed by atoms with van der Waals surface area (Å²) in [4.78, 5) is 0. The number of hydrogen-bond acceptors (Lipinski definition) is 2. The third kappa shape index (κ3) is 1.47. The monoisotopic (exact) mass is 228 g/mol. The number of rotatable bonds is 1. The Labute approximate surface area is 101 Å². The van der Waals surface area contributed by atoms with E-state index >= 15 is 0 Å². The Balaban J connectivity index is 2.43. The van der Waals surface area contributed by atoms with Gasteiger partial charge in [0.05, 0.1) is 7.11 Å². The molecule has 2 aromatic carbocycles. The van der Waals surface area contributed by atoms with Crippen molar-refractivity contribution in [2.75, 3.05) is 7.11 Å². The lowest BCUT2D eigenvalue weighted by Crippen LogP contribution is -2.06. The maximum Gasteiger partial charge on any atom is 0.165 e. The minimum atomic E-state index is 0.295. The fourth-order valence-electron chi connectivity index (χ4n) is 2.89. The van der Waals surface area contributed by atoms with Crippen LogP contribution in [-0.2, 0) is 12.8 Å². The topological polar surface area (TPSA) is 29.5 Å². The number of aryl methyl sites for hydroxylation is 1. The largest absolute Gasteiger partial charge is 0.504 e. The van der Waals surface area contributed by atoms with Gasteiger partial charge >= 0.3 is 0 Å². The molecule has 88 valence electrons. The average Bonchev–Trinajstić information content (AvgIpc) is 2.40. The van der Waals surface area contributed by atoms with E-state index in [-0.39, 0.29) is 0 Å². The predicted molar refractivity (Wildman–Crippen MR) is 68.8 cm³/mol. The van der Waals surface area contributed by atoms with E-state index in [1.54, 1.807) is 7.11 Å². The molecular weight excluding hydrogens is 212 g/mol. The first-order valence-electron chi connectivity index (χ1n) is 6.12. The van der Waals surface area contributed by atoms with E-state index in [9.17, 15) is 5.11 Å². The highest BCUT2D eigenvalue weighted by Crippen LogP contribution is 2.43. The Kier molecular flexibility index (Phi) is 2.43. The van der Waals surface area contributed by atoms with Crippen LogP contribution in [0, 0.1) is 0 Å². The van der Waals surface area contributed by atoms with Gasteiger partial charge in [0.25, 0.3) is 0 Å². The van der Waals surface area contributed by atoms with Gasteiger partial charge in [0.1, 0.15) is 0 Å². The summed E-state index contributed by atoms with van der Waals surface area (Å²) in [6, 6.07) is 8.04. The predicted octanol–water partition coefficient (Wildman–Crippen LogP) is 3.43. The van der Waals surface area contributed by atoms with Crippen LogP contribution in [0.4, 0.5) is 0 Å². The van der Waals surface area contributed by atoms with Crippen molar-refractivity contribution in [3.63, 3.8) is 0 Å². The molecule has 0 aliphatic heterocycles. The minimum absolute atomic E-state index is 0.295. The summed E-state index contributed by atoms with van der Waals surface area (Å²) in [6.45, 7) is 0. The number of methoxy groups -OCH3 is 1. The Morgan fingerprint density at radius 3 is 2.35 bits per heavy atom. The van der Waals surface area contributed by atoms with Gasteiger partial charge in [-0.3, -0.25) is 0 Å². The van der Waals surface area contributed by atoms with E-state index in [1.807, 2.05) is 18.2 Å². The van der Waals surface area contributed by atoms with Crippen molar-refractivity contribution < 1.29 is 9.84 Å². The van der Waals surface area contributed by atoms with Crippen LogP contribution >= 0.6 is 0 Å². The second-order valence-electron chi connectivity index (χ2n) is 4.59. The van der Waals surface area contributed by atoms with Crippen LogP contribution in [0.1, 0.15) is 24.0 Å². The first kappa shape index (κ1) is 10.5. The summed E-state index contributed by atoms with van der Waals surface area (Å²) in [6.07, 6.45) is 4.51. The van der Waals surface area contributed by atoms with Gasteiger partial charge in [0.15, 0.2) is 11.5 Å². The first-order valence-corrected chi connectivity index (χ1v) is 6.12. The molecule has 0 saturated heterocycles. The van der Waals surface area contributed by atoms with E-state index in [0.717, 1.165) is 18.2 Å². The van der Waals surface area contributed by atoms with Crippen molar-refractivity contribution in [3.05, 3.63) is 35.4 Å². The lowest BCUT2D eigenvalue weighted by Gasteiger charge is -2.22. The van der Waals surface area contributed by atoms with Crippen molar-refractivity contribution in [2.45, 2.75) is 25.7 Å². The standard InChI is InChI=1S/C15H16O2/c1-17-15-13-9-5-3-7-11(13)10-6-2-4-8-12(10)14(15)16/h2,4,6,8,16H,3,5,7,9H2,1H3. The summed E-state index contributed by atoms with van der Waals surface area (Å²) in [5.74, 6) is 0.974. The molecule has 1 N–H and O–H groups in total. The summed E-state index contributed by atoms with van der Waals surface area (Å²) in [5, 5.41) is 12.4. The zero-order chi connectivity index (χ0) is 11.8. The number of phenols is 1. The highest BCUT2D eigenvalue weighted by Gasteiger charge is 2.21. The number of ether oxygens (including phenoxy) is 1. The SMILES string of the molecule is COc1c2c(c3ccccc3c1O)CCCC2. The van der Waals surface area contributed by atoms with Crippen LogP contribution in [0.3, 0.4) is 0 Å². The number of hydrogen-bond donors (Lipinski definition) is 1. The molecule has 3 rings (SSSR count). The van der Waals surface area contributed by atoms with E-state index in [4.69, 9.17) is 4.74 Å². The molecule has 0 saturated carbocycles. The van der Waals surface area contributed by atoms with Gasteiger partial charge in [-0.1, -0.05) is 24.3 Å². The zero-order valence-corrected chi connectivity index (χ0v) is 9.99. The van der Waals surface area contributed by atoms with Gasteiger partial charge in [-0.15, -0.1) is 0 Å². The number of aromatic hydroxyl groups is 1. The zero-order valence-electron chi connectivity index (χ0n) is 9.99.